The predicted molar refractivity (Wildman–Crippen MR) is 76.6 cm³/mol. The molecule has 5 nitrogen and oxygen atoms in total. The van der Waals surface area contributed by atoms with E-state index in [1.54, 1.807) is 28.8 Å². The van der Waals surface area contributed by atoms with Crippen LogP contribution in [0.5, 0.6) is 0 Å². The summed E-state index contributed by atoms with van der Waals surface area (Å²) >= 11 is 3.34. The van der Waals surface area contributed by atoms with Gasteiger partial charge in [-0.05, 0) is 37.4 Å². The average molecular weight is 336 g/mol. The van der Waals surface area contributed by atoms with Crippen LogP contribution in [0.1, 0.15) is 5.82 Å². The Morgan fingerprint density at radius 3 is 2.90 bits per heavy atom. The third-order valence-electron chi connectivity index (χ3n) is 2.87. The lowest BCUT2D eigenvalue weighted by Crippen LogP contribution is -2.10. The third kappa shape index (κ3) is 2.30. The predicted octanol–water partition coefficient (Wildman–Crippen LogP) is 2.41. The van der Waals surface area contributed by atoms with Gasteiger partial charge in [0.25, 0.3) is 0 Å². The van der Waals surface area contributed by atoms with E-state index in [9.17, 15) is 4.39 Å². The van der Waals surface area contributed by atoms with Crippen molar-refractivity contribution < 1.29 is 4.39 Å². The van der Waals surface area contributed by atoms with Gasteiger partial charge < -0.3 is 5.32 Å². The van der Waals surface area contributed by atoms with Crippen molar-refractivity contribution in [1.29, 1.82) is 0 Å². The van der Waals surface area contributed by atoms with E-state index in [0.717, 1.165) is 4.47 Å². The molecule has 0 amide bonds. The molecule has 0 saturated heterocycles. The maximum Gasteiger partial charge on any atom is 0.177 e. The van der Waals surface area contributed by atoms with Crippen molar-refractivity contribution in [3.63, 3.8) is 0 Å². The number of halogens is 2. The third-order valence-corrected chi connectivity index (χ3v) is 3.36. The zero-order valence-corrected chi connectivity index (χ0v) is 12.2. The lowest BCUT2D eigenvalue weighted by Gasteiger charge is -2.05. The fourth-order valence-electron chi connectivity index (χ4n) is 1.94. The Bertz CT molecular complexity index is 771. The van der Waals surface area contributed by atoms with Gasteiger partial charge in [0.15, 0.2) is 11.5 Å². The second kappa shape index (κ2) is 5.26. The van der Waals surface area contributed by atoms with Crippen molar-refractivity contribution in [2.45, 2.75) is 6.54 Å². The van der Waals surface area contributed by atoms with Crippen LogP contribution >= 0.6 is 15.9 Å². The second-order valence-corrected chi connectivity index (χ2v) is 5.17. The van der Waals surface area contributed by atoms with Crippen LogP contribution in [0.2, 0.25) is 0 Å². The molecule has 20 heavy (non-hydrogen) atoms. The molecule has 0 bridgehead atoms. The molecule has 0 fully saturated rings. The van der Waals surface area contributed by atoms with Crippen LogP contribution in [-0.2, 0) is 6.54 Å². The van der Waals surface area contributed by atoms with Crippen LogP contribution in [0.3, 0.4) is 0 Å². The van der Waals surface area contributed by atoms with E-state index in [2.05, 4.69) is 36.5 Å². The van der Waals surface area contributed by atoms with Crippen molar-refractivity contribution in [2.24, 2.45) is 0 Å². The highest BCUT2D eigenvalue weighted by Gasteiger charge is 2.11. The number of nitrogens with one attached hydrogen (secondary N) is 1. The van der Waals surface area contributed by atoms with Gasteiger partial charge in [-0.1, -0.05) is 15.9 Å². The van der Waals surface area contributed by atoms with Gasteiger partial charge in [0.1, 0.15) is 5.82 Å². The number of benzene rings is 1. The van der Waals surface area contributed by atoms with Crippen molar-refractivity contribution >= 4 is 21.6 Å². The molecular weight excluding hydrogens is 325 g/mol. The summed E-state index contributed by atoms with van der Waals surface area (Å²) in [7, 11) is 1.82. The molecule has 0 aliphatic heterocycles. The minimum atomic E-state index is -0.316. The Morgan fingerprint density at radius 2 is 2.10 bits per heavy atom. The zero-order valence-electron chi connectivity index (χ0n) is 10.6. The molecule has 1 N–H and O–H groups in total. The molecule has 0 unspecified atom stereocenters. The minimum Gasteiger partial charge on any atom is -0.313 e. The molecule has 102 valence electrons. The Hall–Kier alpha value is -1.86. The lowest BCUT2D eigenvalue weighted by molar-refractivity contribution is 0.629. The molecule has 0 saturated carbocycles. The van der Waals surface area contributed by atoms with E-state index in [0.29, 0.717) is 29.3 Å². The Labute approximate surface area is 123 Å². The first-order chi connectivity index (χ1) is 9.69. The van der Waals surface area contributed by atoms with E-state index in [1.165, 1.54) is 6.07 Å². The molecule has 2 heterocycles. The summed E-state index contributed by atoms with van der Waals surface area (Å²) in [4.78, 5) is 0. The van der Waals surface area contributed by atoms with E-state index < -0.39 is 0 Å². The van der Waals surface area contributed by atoms with Gasteiger partial charge in [-0.25, -0.2) is 4.39 Å². The molecule has 7 heteroatoms. The van der Waals surface area contributed by atoms with Gasteiger partial charge >= 0.3 is 0 Å². The number of hydrogen-bond acceptors (Lipinski definition) is 4. The van der Waals surface area contributed by atoms with E-state index in [1.807, 2.05) is 7.05 Å². The normalized spacial score (nSPS) is 11.2. The first-order valence-corrected chi connectivity index (χ1v) is 6.79. The lowest BCUT2D eigenvalue weighted by atomic mass is 10.1. The van der Waals surface area contributed by atoms with Crippen molar-refractivity contribution in [1.82, 2.24) is 25.1 Å². The van der Waals surface area contributed by atoms with Crippen molar-refractivity contribution in [3.8, 4) is 11.3 Å². The molecule has 0 aliphatic carbocycles. The standard InChI is InChI=1S/C13H11BrFN5/c1-16-7-13-18-17-12-5-4-11(19-20(12)13)9-6-8(14)2-3-10(9)15/h2-6,16H,7H2,1H3. The molecule has 3 rings (SSSR count). The molecule has 0 atom stereocenters. The van der Waals surface area contributed by atoms with Gasteiger partial charge in [-0.3, -0.25) is 0 Å². The molecule has 0 radical (unpaired) electrons. The first kappa shape index (κ1) is 13.1. The smallest absolute Gasteiger partial charge is 0.177 e. The minimum absolute atomic E-state index is 0.316. The highest BCUT2D eigenvalue weighted by molar-refractivity contribution is 9.10. The Kier molecular flexibility index (Phi) is 3.45. The van der Waals surface area contributed by atoms with Gasteiger partial charge in [0, 0.05) is 10.0 Å². The maximum absolute atomic E-state index is 13.9. The highest BCUT2D eigenvalue weighted by Crippen LogP contribution is 2.24. The first-order valence-electron chi connectivity index (χ1n) is 6.00. The fourth-order valence-corrected chi connectivity index (χ4v) is 2.30. The van der Waals surface area contributed by atoms with Crippen molar-refractivity contribution in [3.05, 3.63) is 46.4 Å². The topological polar surface area (TPSA) is 55.1 Å². The summed E-state index contributed by atoms with van der Waals surface area (Å²) in [5, 5.41) is 15.5. The second-order valence-electron chi connectivity index (χ2n) is 4.26. The van der Waals surface area contributed by atoms with Gasteiger partial charge in [0.2, 0.25) is 0 Å². The zero-order chi connectivity index (χ0) is 14.1. The van der Waals surface area contributed by atoms with Crippen LogP contribution in [0.15, 0.2) is 34.8 Å². The number of nitrogens with zero attached hydrogens (tertiary/aromatic N) is 4. The highest BCUT2D eigenvalue weighted by atomic mass is 79.9. The monoisotopic (exact) mass is 335 g/mol. The van der Waals surface area contributed by atoms with Crippen LogP contribution in [0, 0.1) is 5.82 Å². The molecule has 0 spiro atoms. The molecule has 1 aromatic carbocycles. The summed E-state index contributed by atoms with van der Waals surface area (Å²) in [5.74, 6) is 0.364. The average Bonchev–Trinajstić information content (AvgIpc) is 2.84. The van der Waals surface area contributed by atoms with Crippen LogP contribution in [0.25, 0.3) is 16.9 Å². The number of rotatable bonds is 3. The van der Waals surface area contributed by atoms with E-state index >= 15 is 0 Å². The van der Waals surface area contributed by atoms with E-state index in [4.69, 9.17) is 0 Å². The maximum atomic E-state index is 13.9. The summed E-state index contributed by atoms with van der Waals surface area (Å²) in [5.41, 5.74) is 1.60. The largest absolute Gasteiger partial charge is 0.313 e. The van der Waals surface area contributed by atoms with Gasteiger partial charge in [-0.2, -0.15) is 9.61 Å². The quantitative estimate of drug-likeness (QED) is 0.798. The summed E-state index contributed by atoms with van der Waals surface area (Å²) in [6, 6.07) is 8.27. The van der Waals surface area contributed by atoms with Crippen LogP contribution < -0.4 is 5.32 Å². The molecular formula is C13H11BrFN5. The molecule has 0 aliphatic rings. The Morgan fingerprint density at radius 1 is 1.25 bits per heavy atom. The molecule has 3 aromatic rings. The number of hydrogen-bond donors (Lipinski definition) is 1. The molecule has 2 aromatic heterocycles. The van der Waals surface area contributed by atoms with Gasteiger partial charge in [-0.15, -0.1) is 10.2 Å². The van der Waals surface area contributed by atoms with Gasteiger partial charge in [0.05, 0.1) is 12.2 Å². The summed E-state index contributed by atoms with van der Waals surface area (Å²) < 4.78 is 16.3. The SMILES string of the molecule is CNCc1nnc2ccc(-c3cc(Br)ccc3F)nn12. The number of fused-ring (bicyclic) bond motifs is 1. The fraction of sp³-hybridized carbons (Fsp3) is 0.154. The van der Waals surface area contributed by atoms with Crippen LogP contribution in [0.4, 0.5) is 4.39 Å². The van der Waals surface area contributed by atoms with Crippen LogP contribution in [-0.4, -0.2) is 26.9 Å². The summed E-state index contributed by atoms with van der Waals surface area (Å²) in [6.45, 7) is 0.540. The number of aromatic nitrogens is 4. The summed E-state index contributed by atoms with van der Waals surface area (Å²) in [6.07, 6.45) is 0. The van der Waals surface area contributed by atoms with Crippen molar-refractivity contribution in [2.75, 3.05) is 7.05 Å². The Balaban J connectivity index is 2.16. The van der Waals surface area contributed by atoms with E-state index in [-0.39, 0.29) is 5.82 Å².